The maximum atomic E-state index is 14.2. The van der Waals surface area contributed by atoms with Gasteiger partial charge in [0.2, 0.25) is 0 Å². The van der Waals surface area contributed by atoms with Crippen LogP contribution in [0.3, 0.4) is 0 Å². The van der Waals surface area contributed by atoms with Crippen LogP contribution in [0.1, 0.15) is 25.3 Å². The molecule has 1 amide bonds. The lowest BCUT2D eigenvalue weighted by molar-refractivity contribution is -0.192. The fourth-order valence-electron chi connectivity index (χ4n) is 4.42. The number of alkyl halides is 3. The quantitative estimate of drug-likeness (QED) is 0.233. The van der Waals surface area contributed by atoms with Gasteiger partial charge in [-0.05, 0) is 61.5 Å². The second-order valence-electron chi connectivity index (χ2n) is 9.99. The summed E-state index contributed by atoms with van der Waals surface area (Å²) < 4.78 is 65.8. The monoisotopic (exact) mass is 598 g/mol. The van der Waals surface area contributed by atoms with E-state index in [-0.39, 0.29) is 17.9 Å². The molecule has 2 aromatic carbocycles. The molecule has 228 valence electrons. The van der Waals surface area contributed by atoms with E-state index in [0.717, 1.165) is 22.0 Å². The van der Waals surface area contributed by atoms with E-state index in [1.54, 1.807) is 6.20 Å². The largest absolute Gasteiger partial charge is 0.505 e. The van der Waals surface area contributed by atoms with Gasteiger partial charge in [-0.1, -0.05) is 13.5 Å². The number of phenolic OH excluding ortho intramolecular Hbond substituents is 1. The predicted molar refractivity (Wildman–Crippen MR) is 144 cm³/mol. The molecule has 0 atom stereocenters. The SMILES string of the molecule is C=C(F)C(=O)N(CCN(C)C)C1CC(Oc2cc(-c3cc(F)c(O)cc3CC)cc3[nH]ncc23)C1.O=C(O)C(F)(F)F. The smallest absolute Gasteiger partial charge is 0.490 e. The van der Waals surface area contributed by atoms with Crippen molar-refractivity contribution >= 4 is 22.8 Å². The molecular formula is C28H31F5N4O5. The second-order valence-corrected chi connectivity index (χ2v) is 9.99. The molecule has 1 saturated carbocycles. The van der Waals surface area contributed by atoms with Crippen molar-refractivity contribution in [3.63, 3.8) is 0 Å². The minimum absolute atomic E-state index is 0.138. The normalized spacial score (nSPS) is 16.4. The molecule has 0 bridgehead atoms. The van der Waals surface area contributed by atoms with Crippen LogP contribution in [0.5, 0.6) is 11.5 Å². The standard InChI is InChI=1S/C26H30F2N4O3.C2HF3O2/c1-5-16-9-24(33)22(28)13-20(16)17-8-23-21(14-29-30-23)25(10-17)35-19-11-18(12-19)32(7-6-31(3)4)26(34)15(2)27;3-2(4,5)1(6)7/h8-10,13-14,18-19,33H,2,5-7,11-12H2,1,3-4H3,(H,29,30);(H,6,7). The van der Waals surface area contributed by atoms with Gasteiger partial charge in [-0.25, -0.2) is 13.6 Å². The number of H-pyrrole nitrogens is 1. The number of hydrogen-bond donors (Lipinski definition) is 3. The molecule has 3 aromatic rings. The molecule has 1 aliphatic rings. The average Bonchev–Trinajstić information content (AvgIpc) is 3.36. The fourth-order valence-corrected chi connectivity index (χ4v) is 4.42. The van der Waals surface area contributed by atoms with Crippen molar-refractivity contribution in [3.8, 4) is 22.6 Å². The first-order valence-electron chi connectivity index (χ1n) is 12.9. The van der Waals surface area contributed by atoms with Gasteiger partial charge in [0.1, 0.15) is 11.9 Å². The van der Waals surface area contributed by atoms with E-state index in [4.69, 9.17) is 14.6 Å². The van der Waals surface area contributed by atoms with Gasteiger partial charge in [0, 0.05) is 32.0 Å². The van der Waals surface area contributed by atoms with Crippen molar-refractivity contribution in [1.82, 2.24) is 20.0 Å². The highest BCUT2D eigenvalue weighted by atomic mass is 19.4. The predicted octanol–water partition coefficient (Wildman–Crippen LogP) is 5.05. The summed E-state index contributed by atoms with van der Waals surface area (Å²) in [6, 6.07) is 6.34. The molecule has 0 aliphatic heterocycles. The van der Waals surface area contributed by atoms with Crippen molar-refractivity contribution in [3.05, 3.63) is 54.2 Å². The van der Waals surface area contributed by atoms with Crippen LogP contribution >= 0.6 is 0 Å². The molecule has 1 aromatic heterocycles. The number of nitrogens with zero attached hydrogens (tertiary/aromatic N) is 3. The molecule has 0 spiro atoms. The summed E-state index contributed by atoms with van der Waals surface area (Å²) in [5.74, 6) is -4.89. The molecule has 1 heterocycles. The zero-order chi connectivity index (χ0) is 31.4. The van der Waals surface area contributed by atoms with E-state index in [9.17, 15) is 31.9 Å². The van der Waals surface area contributed by atoms with E-state index in [1.165, 1.54) is 17.0 Å². The van der Waals surface area contributed by atoms with Gasteiger partial charge < -0.3 is 24.7 Å². The Labute approximate surface area is 238 Å². The maximum absolute atomic E-state index is 14.2. The van der Waals surface area contributed by atoms with Crippen LogP contribution in [0.15, 0.2) is 42.9 Å². The van der Waals surface area contributed by atoms with E-state index in [2.05, 4.69) is 16.8 Å². The van der Waals surface area contributed by atoms with Crippen LogP contribution in [0, 0.1) is 5.82 Å². The number of halogens is 5. The number of carboxylic acids is 1. The van der Waals surface area contributed by atoms with Crippen LogP contribution in [0.2, 0.25) is 0 Å². The molecule has 4 rings (SSSR count). The Morgan fingerprint density at radius 2 is 1.81 bits per heavy atom. The highest BCUT2D eigenvalue weighted by Crippen LogP contribution is 2.38. The molecule has 0 radical (unpaired) electrons. The summed E-state index contributed by atoms with van der Waals surface area (Å²) in [5, 5.41) is 24.8. The number of aromatic nitrogens is 2. The number of phenols is 1. The lowest BCUT2D eigenvalue weighted by Crippen LogP contribution is -2.53. The summed E-state index contributed by atoms with van der Waals surface area (Å²) in [4.78, 5) is 24.7. The summed E-state index contributed by atoms with van der Waals surface area (Å²) in [6.07, 6.45) is -1.85. The number of amides is 1. The van der Waals surface area contributed by atoms with Crippen molar-refractivity contribution in [2.75, 3.05) is 27.2 Å². The second kappa shape index (κ2) is 13.2. The Kier molecular flexibility index (Phi) is 10.1. The first-order valence-corrected chi connectivity index (χ1v) is 12.9. The lowest BCUT2D eigenvalue weighted by atomic mass is 9.87. The third-order valence-corrected chi connectivity index (χ3v) is 6.71. The van der Waals surface area contributed by atoms with Crippen LogP contribution in [0.4, 0.5) is 22.0 Å². The van der Waals surface area contributed by atoms with Crippen molar-refractivity contribution in [1.29, 1.82) is 0 Å². The minimum atomic E-state index is -5.08. The number of likely N-dealkylation sites (N-methyl/N-ethyl adjacent to an activating group) is 1. The van der Waals surface area contributed by atoms with Crippen molar-refractivity contribution < 1.29 is 46.5 Å². The number of aliphatic carboxylic acids is 1. The van der Waals surface area contributed by atoms with Gasteiger partial charge in [0.15, 0.2) is 17.4 Å². The first-order chi connectivity index (χ1) is 19.6. The first kappa shape index (κ1) is 32.3. The van der Waals surface area contributed by atoms with Gasteiger partial charge >= 0.3 is 12.1 Å². The van der Waals surface area contributed by atoms with E-state index < -0.39 is 29.7 Å². The topological polar surface area (TPSA) is 119 Å². The number of aromatic hydroxyl groups is 1. The van der Waals surface area contributed by atoms with E-state index in [1.807, 2.05) is 38.1 Å². The zero-order valence-electron chi connectivity index (χ0n) is 23.1. The minimum Gasteiger partial charge on any atom is -0.505 e. The molecular weight excluding hydrogens is 567 g/mol. The van der Waals surface area contributed by atoms with Gasteiger partial charge in [-0.2, -0.15) is 18.3 Å². The molecule has 42 heavy (non-hydrogen) atoms. The third-order valence-electron chi connectivity index (χ3n) is 6.71. The van der Waals surface area contributed by atoms with Crippen LogP contribution < -0.4 is 4.74 Å². The number of ether oxygens (including phenoxy) is 1. The Hall–Kier alpha value is -4.20. The molecule has 1 aliphatic carbocycles. The summed E-state index contributed by atoms with van der Waals surface area (Å²) in [7, 11) is 3.79. The Balaban J connectivity index is 0.000000616. The third kappa shape index (κ3) is 7.75. The number of nitrogens with one attached hydrogen (secondary N) is 1. The number of fused-ring (bicyclic) bond motifs is 1. The van der Waals surface area contributed by atoms with Crippen LogP contribution in [-0.4, -0.2) is 87.6 Å². The van der Waals surface area contributed by atoms with Crippen LogP contribution in [0.25, 0.3) is 22.0 Å². The van der Waals surface area contributed by atoms with Crippen molar-refractivity contribution in [2.45, 2.75) is 44.5 Å². The van der Waals surface area contributed by atoms with Gasteiger partial charge in [0.05, 0.1) is 17.1 Å². The molecule has 9 nitrogen and oxygen atoms in total. The highest BCUT2D eigenvalue weighted by molar-refractivity contribution is 5.91. The van der Waals surface area contributed by atoms with Crippen molar-refractivity contribution in [2.24, 2.45) is 0 Å². The van der Waals surface area contributed by atoms with Crippen LogP contribution in [-0.2, 0) is 16.0 Å². The number of aryl methyl sites for hydroxylation is 1. The van der Waals surface area contributed by atoms with Gasteiger partial charge in [-0.15, -0.1) is 0 Å². The summed E-state index contributed by atoms with van der Waals surface area (Å²) >= 11 is 0. The highest BCUT2D eigenvalue weighted by Gasteiger charge is 2.39. The zero-order valence-corrected chi connectivity index (χ0v) is 23.1. The number of carboxylic acid groups (broad SMARTS) is 1. The Morgan fingerprint density at radius 3 is 2.36 bits per heavy atom. The van der Waals surface area contributed by atoms with E-state index in [0.29, 0.717) is 43.7 Å². The number of aromatic amines is 1. The molecule has 3 N–H and O–H groups in total. The summed E-state index contributed by atoms with van der Waals surface area (Å²) in [6.45, 7) is 6.12. The number of carbonyl (C=O) groups excluding carboxylic acids is 1. The molecule has 0 unspecified atom stereocenters. The number of rotatable bonds is 9. The molecule has 0 saturated heterocycles. The average molecular weight is 599 g/mol. The number of benzene rings is 2. The maximum Gasteiger partial charge on any atom is 0.490 e. The lowest BCUT2D eigenvalue weighted by Gasteiger charge is -2.42. The Bertz CT molecular complexity index is 1450. The van der Waals surface area contributed by atoms with E-state index >= 15 is 0 Å². The van der Waals surface area contributed by atoms with Gasteiger partial charge in [-0.3, -0.25) is 9.89 Å². The fraction of sp³-hybridized carbons (Fsp3) is 0.393. The number of hydrogen-bond acceptors (Lipinski definition) is 6. The number of carbonyl (C=O) groups is 2. The van der Waals surface area contributed by atoms with Gasteiger partial charge in [0.25, 0.3) is 5.91 Å². The summed E-state index contributed by atoms with van der Waals surface area (Å²) in [5.41, 5.74) is 2.94. The Morgan fingerprint density at radius 1 is 1.17 bits per heavy atom. The molecule has 14 heteroatoms. The molecule has 1 fully saturated rings.